The molecule has 0 aliphatic carbocycles. The summed E-state index contributed by atoms with van der Waals surface area (Å²) in [4.78, 5) is 2.62. The lowest BCUT2D eigenvalue weighted by molar-refractivity contribution is 1.02. The van der Waals surface area contributed by atoms with Crippen LogP contribution >= 0.6 is 28.1 Å². The third-order valence-corrected chi connectivity index (χ3v) is 3.89. The summed E-state index contributed by atoms with van der Waals surface area (Å²) in [7, 11) is 0. The summed E-state index contributed by atoms with van der Waals surface area (Å²) in [6.45, 7) is 5.05. The van der Waals surface area contributed by atoms with Crippen LogP contribution in [0.2, 0.25) is 0 Å². The number of anilines is 2. The van der Waals surface area contributed by atoms with Crippen LogP contribution in [0, 0.1) is 6.92 Å². The molecule has 2 nitrogen and oxygen atoms in total. The molecule has 0 aliphatic rings. The number of aryl methyl sites for hydroxylation is 1. The average Bonchev–Trinajstić information content (AvgIpc) is 2.43. The zero-order valence-electron chi connectivity index (χ0n) is 11.6. The molecular weight excluding hydrogens is 332 g/mol. The molecule has 0 bridgehead atoms. The van der Waals surface area contributed by atoms with E-state index in [0.29, 0.717) is 4.99 Å². The van der Waals surface area contributed by atoms with Gasteiger partial charge in [0.25, 0.3) is 0 Å². The molecule has 0 aromatic heterocycles. The first kappa shape index (κ1) is 15.0. The monoisotopic (exact) mass is 348 g/mol. The zero-order chi connectivity index (χ0) is 14.7. The molecule has 0 radical (unpaired) electrons. The van der Waals surface area contributed by atoms with E-state index in [-0.39, 0.29) is 0 Å². The molecule has 2 aromatic carbocycles. The van der Waals surface area contributed by atoms with Gasteiger partial charge in [0.2, 0.25) is 0 Å². The normalized spacial score (nSPS) is 10.3. The summed E-state index contributed by atoms with van der Waals surface area (Å²) in [5, 5.41) is 0. The highest BCUT2D eigenvalue weighted by atomic mass is 79.9. The first-order valence-electron chi connectivity index (χ1n) is 6.46. The Bertz CT molecular complexity index is 623. The van der Waals surface area contributed by atoms with E-state index in [0.717, 1.165) is 28.0 Å². The molecule has 0 saturated carbocycles. The van der Waals surface area contributed by atoms with E-state index in [1.54, 1.807) is 0 Å². The Hall–Kier alpha value is -1.39. The molecule has 4 heteroatoms. The molecule has 2 rings (SSSR count). The molecule has 20 heavy (non-hydrogen) atoms. The maximum absolute atomic E-state index is 5.86. The van der Waals surface area contributed by atoms with Gasteiger partial charge in [0, 0.05) is 22.3 Å². The molecule has 104 valence electrons. The van der Waals surface area contributed by atoms with Crippen molar-refractivity contribution in [2.75, 3.05) is 11.4 Å². The Morgan fingerprint density at radius 2 is 1.85 bits per heavy atom. The van der Waals surface area contributed by atoms with Gasteiger partial charge in [-0.2, -0.15) is 0 Å². The summed E-state index contributed by atoms with van der Waals surface area (Å²) in [5.74, 6) is 0. The van der Waals surface area contributed by atoms with Crippen molar-refractivity contribution in [3.05, 3.63) is 58.1 Å². The van der Waals surface area contributed by atoms with Crippen molar-refractivity contribution >= 4 is 44.5 Å². The molecule has 0 heterocycles. The van der Waals surface area contributed by atoms with Crippen LogP contribution in [-0.2, 0) is 0 Å². The minimum atomic E-state index is 0.409. The minimum absolute atomic E-state index is 0.409. The summed E-state index contributed by atoms with van der Waals surface area (Å²) >= 11 is 8.65. The van der Waals surface area contributed by atoms with Gasteiger partial charge in [-0.15, -0.1) is 0 Å². The maximum atomic E-state index is 5.86. The number of halogens is 1. The summed E-state index contributed by atoms with van der Waals surface area (Å²) in [5.41, 5.74) is 10.2. The number of benzene rings is 2. The fourth-order valence-corrected chi connectivity index (χ4v) is 2.68. The van der Waals surface area contributed by atoms with Gasteiger partial charge in [-0.3, -0.25) is 0 Å². The van der Waals surface area contributed by atoms with Crippen LogP contribution in [0.25, 0.3) is 0 Å². The van der Waals surface area contributed by atoms with Crippen LogP contribution < -0.4 is 10.6 Å². The lowest BCUT2D eigenvalue weighted by Crippen LogP contribution is -2.21. The molecule has 2 N–H and O–H groups in total. The molecule has 0 saturated heterocycles. The molecule has 0 atom stereocenters. The fraction of sp³-hybridized carbons (Fsp3) is 0.188. The highest BCUT2D eigenvalue weighted by Crippen LogP contribution is 2.30. The number of hydrogen-bond donors (Lipinski definition) is 1. The van der Waals surface area contributed by atoms with Crippen molar-refractivity contribution in [2.24, 2.45) is 5.73 Å². The lowest BCUT2D eigenvalue weighted by Gasteiger charge is -2.26. The van der Waals surface area contributed by atoms with Crippen molar-refractivity contribution in [1.29, 1.82) is 0 Å². The van der Waals surface area contributed by atoms with E-state index in [1.165, 1.54) is 5.56 Å². The molecule has 2 aromatic rings. The Kier molecular flexibility index (Phi) is 4.78. The number of hydrogen-bond acceptors (Lipinski definition) is 2. The van der Waals surface area contributed by atoms with Crippen LogP contribution in [0.1, 0.15) is 18.1 Å². The minimum Gasteiger partial charge on any atom is -0.389 e. The zero-order valence-corrected chi connectivity index (χ0v) is 14.0. The van der Waals surface area contributed by atoms with Crippen LogP contribution in [0.3, 0.4) is 0 Å². The van der Waals surface area contributed by atoms with Crippen molar-refractivity contribution < 1.29 is 0 Å². The largest absolute Gasteiger partial charge is 0.389 e. The van der Waals surface area contributed by atoms with Crippen molar-refractivity contribution in [1.82, 2.24) is 0 Å². The second-order valence-corrected chi connectivity index (χ2v) is 5.96. The third-order valence-electron chi connectivity index (χ3n) is 3.18. The molecule has 0 unspecified atom stereocenters. The summed E-state index contributed by atoms with van der Waals surface area (Å²) in [6, 6.07) is 14.5. The lowest BCUT2D eigenvalue weighted by atomic mass is 10.1. The van der Waals surface area contributed by atoms with Crippen molar-refractivity contribution in [2.45, 2.75) is 13.8 Å². The number of thiocarbonyl (C=S) groups is 1. The van der Waals surface area contributed by atoms with Gasteiger partial charge in [0.05, 0.1) is 5.69 Å². The van der Waals surface area contributed by atoms with Gasteiger partial charge >= 0.3 is 0 Å². The quantitative estimate of drug-likeness (QED) is 0.821. The molecule has 0 amide bonds. The van der Waals surface area contributed by atoms with Gasteiger partial charge in [-0.05, 0) is 44.2 Å². The summed E-state index contributed by atoms with van der Waals surface area (Å²) in [6.07, 6.45) is 0. The van der Waals surface area contributed by atoms with Gasteiger partial charge in [0.15, 0.2) is 0 Å². The van der Waals surface area contributed by atoms with Gasteiger partial charge in [-0.1, -0.05) is 45.8 Å². The fourth-order valence-electron chi connectivity index (χ4n) is 2.16. The van der Waals surface area contributed by atoms with Gasteiger partial charge in [0.1, 0.15) is 4.99 Å². The predicted octanol–water partition coefficient (Wildman–Crippen LogP) is 4.55. The van der Waals surface area contributed by atoms with E-state index >= 15 is 0 Å². The first-order valence-corrected chi connectivity index (χ1v) is 7.66. The van der Waals surface area contributed by atoms with Gasteiger partial charge in [-0.25, -0.2) is 0 Å². The first-order chi connectivity index (χ1) is 9.52. The highest BCUT2D eigenvalue weighted by molar-refractivity contribution is 9.10. The van der Waals surface area contributed by atoms with Crippen molar-refractivity contribution in [3.63, 3.8) is 0 Å². The number of nitrogens with zero attached hydrogens (tertiary/aromatic N) is 1. The van der Waals surface area contributed by atoms with E-state index < -0.39 is 0 Å². The van der Waals surface area contributed by atoms with Crippen molar-refractivity contribution in [3.8, 4) is 0 Å². The van der Waals surface area contributed by atoms with Gasteiger partial charge < -0.3 is 10.6 Å². The molecule has 0 aliphatic heterocycles. The molecular formula is C16H17BrN2S. The van der Waals surface area contributed by atoms with E-state index in [4.69, 9.17) is 18.0 Å². The Balaban J connectivity index is 2.51. The number of nitrogens with two attached hydrogens (primary N) is 1. The Labute approximate surface area is 133 Å². The topological polar surface area (TPSA) is 29.3 Å². The van der Waals surface area contributed by atoms with Crippen LogP contribution in [0.4, 0.5) is 11.4 Å². The Morgan fingerprint density at radius 1 is 1.20 bits per heavy atom. The maximum Gasteiger partial charge on any atom is 0.106 e. The third kappa shape index (κ3) is 3.19. The van der Waals surface area contributed by atoms with Crippen LogP contribution in [0.15, 0.2) is 46.9 Å². The smallest absolute Gasteiger partial charge is 0.106 e. The second kappa shape index (κ2) is 6.37. The van der Waals surface area contributed by atoms with E-state index in [9.17, 15) is 0 Å². The number of rotatable bonds is 4. The van der Waals surface area contributed by atoms with Crippen LogP contribution in [-0.4, -0.2) is 11.5 Å². The predicted molar refractivity (Wildman–Crippen MR) is 93.9 cm³/mol. The summed E-state index contributed by atoms with van der Waals surface area (Å²) < 4.78 is 0.976. The van der Waals surface area contributed by atoms with Crippen LogP contribution in [0.5, 0.6) is 0 Å². The molecule has 0 fully saturated rings. The van der Waals surface area contributed by atoms with E-state index in [2.05, 4.69) is 58.9 Å². The highest BCUT2D eigenvalue weighted by Gasteiger charge is 2.13. The SMILES string of the molecule is CCN(c1ccc(C)cc1)c1ccc(Br)cc1C(N)=S. The average molecular weight is 349 g/mol. The second-order valence-electron chi connectivity index (χ2n) is 4.61. The Morgan fingerprint density at radius 3 is 2.40 bits per heavy atom. The molecule has 0 spiro atoms. The standard InChI is InChI=1S/C16H17BrN2S/c1-3-19(13-7-4-11(2)5-8-13)15-9-6-12(17)10-14(15)16(18)20/h4-10H,3H2,1-2H3,(H2,18,20). The van der Waals surface area contributed by atoms with E-state index in [1.807, 2.05) is 18.2 Å².